The highest BCUT2D eigenvalue weighted by Crippen LogP contribution is 1.94. The van der Waals surface area contributed by atoms with E-state index in [0.29, 0.717) is 19.8 Å². The van der Waals surface area contributed by atoms with Crippen LogP contribution >= 0.6 is 0 Å². The minimum atomic E-state index is 0.550. The predicted octanol–water partition coefficient (Wildman–Crippen LogP) is 0.0877. The molecule has 0 aliphatic heterocycles. The van der Waals surface area contributed by atoms with E-state index in [1.807, 2.05) is 13.1 Å². The molecule has 0 aliphatic carbocycles. The molecule has 0 amide bonds. The third-order valence-electron chi connectivity index (χ3n) is 1.67. The smallest absolute Gasteiger partial charge is 0.0916 e. The summed E-state index contributed by atoms with van der Waals surface area (Å²) in [5, 5.41) is 4.03. The summed E-state index contributed by atoms with van der Waals surface area (Å²) in [6, 6.07) is 1.94. The fourth-order valence-corrected chi connectivity index (χ4v) is 0.897. The molecule has 0 fully saturated rings. The molecule has 0 aliphatic rings. The molecule has 0 spiro atoms. The highest BCUT2D eigenvalue weighted by atomic mass is 16.7. The molecule has 0 aromatic carbocycles. The molecule has 1 rings (SSSR count). The fraction of sp³-hybridized carbons (Fsp3) is 0.625. The first-order valence-corrected chi connectivity index (χ1v) is 4.15. The van der Waals surface area contributed by atoms with Crippen LogP contribution in [0.25, 0.3) is 0 Å². The molecular formula is C8H15N3O2. The summed E-state index contributed by atoms with van der Waals surface area (Å²) in [6.07, 6.45) is 1.76. The molecular weight excluding hydrogens is 170 g/mol. The van der Waals surface area contributed by atoms with Crippen LogP contribution in [0.2, 0.25) is 0 Å². The molecule has 0 radical (unpaired) electrons. The number of methoxy groups -OCH3 is 1. The van der Waals surface area contributed by atoms with Gasteiger partial charge in [0.1, 0.15) is 0 Å². The number of nitrogens with zero attached hydrogens (tertiary/aromatic N) is 2. The van der Waals surface area contributed by atoms with Crippen molar-refractivity contribution in [3.8, 4) is 0 Å². The minimum Gasteiger partial charge on any atom is -0.382 e. The molecule has 74 valence electrons. The predicted molar refractivity (Wildman–Crippen MR) is 47.9 cm³/mol. The summed E-state index contributed by atoms with van der Waals surface area (Å²) in [5.41, 5.74) is 3.90. The van der Waals surface area contributed by atoms with Crippen molar-refractivity contribution >= 4 is 0 Å². The number of aromatic nitrogens is 2. The van der Waals surface area contributed by atoms with E-state index >= 15 is 0 Å². The Morgan fingerprint density at radius 1 is 1.54 bits per heavy atom. The van der Waals surface area contributed by atoms with Crippen molar-refractivity contribution in [1.29, 1.82) is 0 Å². The molecule has 5 heteroatoms. The lowest BCUT2D eigenvalue weighted by atomic mass is 10.4. The van der Waals surface area contributed by atoms with Gasteiger partial charge < -0.3 is 4.74 Å². The first kappa shape index (κ1) is 10.2. The van der Waals surface area contributed by atoms with Crippen LogP contribution in [-0.2, 0) is 23.2 Å². The van der Waals surface area contributed by atoms with Crippen LogP contribution in [0.4, 0.5) is 0 Å². The van der Waals surface area contributed by atoms with E-state index in [-0.39, 0.29) is 0 Å². The van der Waals surface area contributed by atoms with Crippen molar-refractivity contribution in [3.63, 3.8) is 0 Å². The Morgan fingerprint density at radius 2 is 2.38 bits per heavy atom. The van der Waals surface area contributed by atoms with Gasteiger partial charge in [0.15, 0.2) is 0 Å². The van der Waals surface area contributed by atoms with Gasteiger partial charge in [-0.2, -0.15) is 10.6 Å². The number of hydrogen-bond acceptors (Lipinski definition) is 4. The lowest BCUT2D eigenvalue weighted by Gasteiger charge is -2.05. The molecule has 1 aromatic heterocycles. The SMILES string of the molecule is COCCONCc1ccnn1C. The number of nitrogens with one attached hydrogen (secondary N) is 1. The summed E-state index contributed by atoms with van der Waals surface area (Å²) in [6.45, 7) is 1.80. The summed E-state index contributed by atoms with van der Waals surface area (Å²) >= 11 is 0. The highest BCUT2D eigenvalue weighted by molar-refractivity contribution is 4.98. The van der Waals surface area contributed by atoms with Gasteiger partial charge in [0.2, 0.25) is 0 Å². The molecule has 0 unspecified atom stereocenters. The van der Waals surface area contributed by atoms with Crippen molar-refractivity contribution in [2.75, 3.05) is 20.3 Å². The first-order valence-electron chi connectivity index (χ1n) is 4.15. The third kappa shape index (κ3) is 3.54. The third-order valence-corrected chi connectivity index (χ3v) is 1.67. The number of rotatable bonds is 6. The largest absolute Gasteiger partial charge is 0.382 e. The van der Waals surface area contributed by atoms with Crippen molar-refractivity contribution in [3.05, 3.63) is 18.0 Å². The Morgan fingerprint density at radius 3 is 3.00 bits per heavy atom. The highest BCUT2D eigenvalue weighted by Gasteiger charge is 1.96. The van der Waals surface area contributed by atoms with Gasteiger partial charge in [0.05, 0.1) is 25.5 Å². The van der Waals surface area contributed by atoms with Crippen LogP contribution in [0, 0.1) is 0 Å². The number of aryl methyl sites for hydroxylation is 1. The molecule has 0 saturated heterocycles. The van der Waals surface area contributed by atoms with Crippen LogP contribution in [0.1, 0.15) is 5.69 Å². The Hall–Kier alpha value is -0.910. The normalized spacial score (nSPS) is 10.6. The van der Waals surface area contributed by atoms with Gasteiger partial charge in [-0.1, -0.05) is 0 Å². The second-order valence-electron chi connectivity index (χ2n) is 2.61. The van der Waals surface area contributed by atoms with Gasteiger partial charge in [-0.15, -0.1) is 0 Å². The van der Waals surface area contributed by atoms with E-state index in [1.54, 1.807) is 18.0 Å². The first-order chi connectivity index (χ1) is 6.34. The van der Waals surface area contributed by atoms with Crippen LogP contribution in [0.5, 0.6) is 0 Å². The van der Waals surface area contributed by atoms with Crippen molar-refractivity contribution in [1.82, 2.24) is 15.3 Å². The monoisotopic (exact) mass is 185 g/mol. The molecule has 13 heavy (non-hydrogen) atoms. The molecule has 0 atom stereocenters. The van der Waals surface area contributed by atoms with E-state index in [9.17, 15) is 0 Å². The van der Waals surface area contributed by atoms with E-state index < -0.39 is 0 Å². The van der Waals surface area contributed by atoms with Crippen LogP contribution < -0.4 is 5.48 Å². The van der Waals surface area contributed by atoms with E-state index in [1.165, 1.54) is 0 Å². The Labute approximate surface area is 77.6 Å². The lowest BCUT2D eigenvalue weighted by Crippen LogP contribution is -2.18. The van der Waals surface area contributed by atoms with E-state index in [0.717, 1.165) is 5.69 Å². The minimum absolute atomic E-state index is 0.550. The summed E-state index contributed by atoms with van der Waals surface area (Å²) in [7, 11) is 3.54. The number of hydroxylamine groups is 1. The van der Waals surface area contributed by atoms with Gasteiger partial charge in [0, 0.05) is 20.4 Å². The summed E-state index contributed by atoms with van der Waals surface area (Å²) < 4.78 is 6.62. The van der Waals surface area contributed by atoms with Gasteiger partial charge in [-0.05, 0) is 6.07 Å². The van der Waals surface area contributed by atoms with Gasteiger partial charge in [-0.25, -0.2) is 0 Å². The topological polar surface area (TPSA) is 48.3 Å². The number of hydrogen-bond donors (Lipinski definition) is 1. The Kier molecular flexibility index (Phi) is 4.45. The second-order valence-corrected chi connectivity index (χ2v) is 2.61. The Bertz CT molecular complexity index is 237. The average molecular weight is 185 g/mol. The van der Waals surface area contributed by atoms with Crippen molar-refractivity contribution in [2.45, 2.75) is 6.54 Å². The molecule has 5 nitrogen and oxygen atoms in total. The maximum absolute atomic E-state index is 5.09. The molecule has 1 aromatic rings. The van der Waals surface area contributed by atoms with Crippen LogP contribution in [0.15, 0.2) is 12.3 Å². The Balaban J connectivity index is 2.10. The fourth-order valence-electron chi connectivity index (χ4n) is 0.897. The standard InChI is InChI=1S/C8H15N3O2/c1-11-8(3-4-9-11)7-10-13-6-5-12-2/h3-4,10H,5-7H2,1-2H3. The summed E-state index contributed by atoms with van der Waals surface area (Å²) in [5.74, 6) is 0. The van der Waals surface area contributed by atoms with E-state index in [4.69, 9.17) is 9.57 Å². The quantitative estimate of drug-likeness (QED) is 0.504. The molecule has 1 N–H and O–H groups in total. The van der Waals surface area contributed by atoms with Crippen LogP contribution in [0.3, 0.4) is 0 Å². The van der Waals surface area contributed by atoms with E-state index in [2.05, 4.69) is 10.6 Å². The molecule has 0 bridgehead atoms. The maximum Gasteiger partial charge on any atom is 0.0916 e. The van der Waals surface area contributed by atoms with Gasteiger partial charge in [0.25, 0.3) is 0 Å². The maximum atomic E-state index is 5.09. The molecule has 0 saturated carbocycles. The zero-order valence-electron chi connectivity index (χ0n) is 7.99. The zero-order chi connectivity index (χ0) is 9.52. The average Bonchev–Trinajstić information content (AvgIpc) is 2.52. The second kappa shape index (κ2) is 5.69. The van der Waals surface area contributed by atoms with Crippen molar-refractivity contribution < 1.29 is 9.57 Å². The van der Waals surface area contributed by atoms with Gasteiger partial charge >= 0.3 is 0 Å². The number of ether oxygens (including phenoxy) is 1. The van der Waals surface area contributed by atoms with Crippen LogP contribution in [-0.4, -0.2) is 30.1 Å². The van der Waals surface area contributed by atoms with Gasteiger partial charge in [-0.3, -0.25) is 9.52 Å². The summed E-state index contributed by atoms with van der Waals surface area (Å²) in [4.78, 5) is 5.09. The van der Waals surface area contributed by atoms with Crippen molar-refractivity contribution in [2.24, 2.45) is 7.05 Å². The lowest BCUT2D eigenvalue weighted by molar-refractivity contribution is 0.00257. The zero-order valence-corrected chi connectivity index (χ0v) is 7.99. The molecule has 1 heterocycles.